The van der Waals surface area contributed by atoms with Gasteiger partial charge in [0.2, 0.25) is 5.95 Å². The van der Waals surface area contributed by atoms with Crippen LogP contribution < -0.4 is 5.32 Å². The summed E-state index contributed by atoms with van der Waals surface area (Å²) in [6, 6.07) is 17.0. The molecule has 2 aromatic carbocycles. The molecule has 6 heteroatoms. The first-order chi connectivity index (χ1) is 13.2. The molecule has 27 heavy (non-hydrogen) atoms. The van der Waals surface area contributed by atoms with Gasteiger partial charge in [-0.3, -0.25) is 0 Å². The van der Waals surface area contributed by atoms with Gasteiger partial charge in [-0.2, -0.15) is 0 Å². The van der Waals surface area contributed by atoms with Crippen molar-refractivity contribution in [3.05, 3.63) is 96.1 Å². The van der Waals surface area contributed by atoms with E-state index in [-0.39, 0.29) is 5.82 Å². The molecule has 0 radical (unpaired) electrons. The average Bonchev–Trinajstić information content (AvgIpc) is 3.16. The lowest BCUT2D eigenvalue weighted by Gasteiger charge is -2.10. The van der Waals surface area contributed by atoms with Crippen LogP contribution in [0.1, 0.15) is 17.0 Å². The predicted molar refractivity (Wildman–Crippen MR) is 103 cm³/mol. The lowest BCUT2D eigenvalue weighted by atomic mass is 10.1. The third-order valence-electron chi connectivity index (χ3n) is 4.12. The van der Waals surface area contributed by atoms with E-state index in [0.717, 1.165) is 11.4 Å². The van der Waals surface area contributed by atoms with E-state index in [0.29, 0.717) is 23.7 Å². The van der Waals surface area contributed by atoms with Crippen LogP contribution in [0.3, 0.4) is 0 Å². The first-order valence-corrected chi connectivity index (χ1v) is 8.61. The molecule has 5 nitrogen and oxygen atoms in total. The van der Waals surface area contributed by atoms with Crippen LogP contribution in [0.5, 0.6) is 0 Å². The molecule has 0 aliphatic rings. The van der Waals surface area contributed by atoms with E-state index in [1.165, 1.54) is 11.6 Å². The zero-order valence-corrected chi connectivity index (χ0v) is 14.8. The van der Waals surface area contributed by atoms with Crippen molar-refractivity contribution in [1.29, 1.82) is 0 Å². The SMILES string of the molecule is Cc1cc(Cc2ccccc2)nc(Nc2ccc(-n3ccnc3)c(F)c2)n1. The van der Waals surface area contributed by atoms with Crippen LogP contribution in [0.25, 0.3) is 5.69 Å². The molecule has 0 amide bonds. The van der Waals surface area contributed by atoms with Crippen molar-refractivity contribution in [3.63, 3.8) is 0 Å². The summed E-state index contributed by atoms with van der Waals surface area (Å²) in [5, 5.41) is 3.10. The summed E-state index contributed by atoms with van der Waals surface area (Å²) < 4.78 is 16.1. The van der Waals surface area contributed by atoms with E-state index in [4.69, 9.17) is 0 Å². The maximum absolute atomic E-state index is 14.4. The van der Waals surface area contributed by atoms with Gasteiger partial charge in [0.15, 0.2) is 0 Å². The quantitative estimate of drug-likeness (QED) is 0.572. The van der Waals surface area contributed by atoms with Crippen LogP contribution in [-0.2, 0) is 6.42 Å². The first-order valence-electron chi connectivity index (χ1n) is 8.61. The number of imidazole rings is 1. The number of rotatable bonds is 5. The summed E-state index contributed by atoms with van der Waals surface area (Å²) in [5.41, 5.74) is 3.97. The van der Waals surface area contributed by atoms with Gasteiger partial charge < -0.3 is 9.88 Å². The topological polar surface area (TPSA) is 55.6 Å². The Morgan fingerprint density at radius 3 is 2.63 bits per heavy atom. The smallest absolute Gasteiger partial charge is 0.227 e. The van der Waals surface area contributed by atoms with E-state index < -0.39 is 0 Å². The molecule has 0 spiro atoms. The van der Waals surface area contributed by atoms with Crippen LogP contribution in [0, 0.1) is 12.7 Å². The minimum Gasteiger partial charge on any atom is -0.324 e. The van der Waals surface area contributed by atoms with Gasteiger partial charge in [-0.15, -0.1) is 0 Å². The lowest BCUT2D eigenvalue weighted by Crippen LogP contribution is -2.03. The molecular weight excluding hydrogens is 341 g/mol. The van der Waals surface area contributed by atoms with Crippen molar-refractivity contribution in [2.75, 3.05) is 5.32 Å². The largest absolute Gasteiger partial charge is 0.324 e. The highest BCUT2D eigenvalue weighted by Gasteiger charge is 2.08. The molecule has 1 N–H and O–H groups in total. The van der Waals surface area contributed by atoms with Crippen molar-refractivity contribution >= 4 is 11.6 Å². The van der Waals surface area contributed by atoms with E-state index in [1.54, 1.807) is 35.4 Å². The van der Waals surface area contributed by atoms with Gasteiger partial charge in [-0.05, 0) is 36.8 Å². The number of anilines is 2. The monoisotopic (exact) mass is 359 g/mol. The Bertz CT molecular complexity index is 1050. The van der Waals surface area contributed by atoms with Crippen LogP contribution in [0.2, 0.25) is 0 Å². The lowest BCUT2D eigenvalue weighted by molar-refractivity contribution is 0.618. The fourth-order valence-electron chi connectivity index (χ4n) is 2.91. The highest BCUT2D eigenvalue weighted by molar-refractivity contribution is 5.56. The second-order valence-electron chi connectivity index (χ2n) is 6.25. The van der Waals surface area contributed by atoms with Crippen molar-refractivity contribution in [3.8, 4) is 5.69 Å². The van der Waals surface area contributed by atoms with E-state index in [9.17, 15) is 4.39 Å². The summed E-state index contributed by atoms with van der Waals surface area (Å²) in [7, 11) is 0. The normalized spacial score (nSPS) is 10.7. The number of halogens is 1. The number of benzene rings is 2. The highest BCUT2D eigenvalue weighted by atomic mass is 19.1. The predicted octanol–water partition coefficient (Wildman–Crippen LogP) is 4.44. The van der Waals surface area contributed by atoms with Crippen molar-refractivity contribution < 1.29 is 4.39 Å². The van der Waals surface area contributed by atoms with Gasteiger partial charge in [0.05, 0.1) is 17.7 Å². The number of nitrogens with one attached hydrogen (secondary N) is 1. The zero-order valence-electron chi connectivity index (χ0n) is 14.8. The number of hydrogen-bond donors (Lipinski definition) is 1. The van der Waals surface area contributed by atoms with Gasteiger partial charge in [0.25, 0.3) is 0 Å². The molecule has 4 rings (SSSR count). The Kier molecular flexibility index (Phi) is 4.61. The van der Waals surface area contributed by atoms with Gasteiger partial charge in [-0.1, -0.05) is 30.3 Å². The summed E-state index contributed by atoms with van der Waals surface area (Å²) in [6.45, 7) is 1.92. The molecule has 0 unspecified atom stereocenters. The maximum Gasteiger partial charge on any atom is 0.227 e. The van der Waals surface area contributed by atoms with Gasteiger partial charge in [-0.25, -0.2) is 19.3 Å². The third-order valence-corrected chi connectivity index (χ3v) is 4.12. The molecule has 0 aliphatic heterocycles. The summed E-state index contributed by atoms with van der Waals surface area (Å²) in [4.78, 5) is 12.9. The summed E-state index contributed by atoms with van der Waals surface area (Å²) in [5.74, 6) is 0.103. The van der Waals surface area contributed by atoms with E-state index >= 15 is 0 Å². The van der Waals surface area contributed by atoms with Gasteiger partial charge in [0, 0.05) is 30.2 Å². The molecule has 0 aliphatic carbocycles. The molecule has 4 aromatic rings. The van der Waals surface area contributed by atoms with E-state index in [2.05, 4.69) is 32.4 Å². The van der Waals surface area contributed by atoms with Crippen molar-refractivity contribution in [2.24, 2.45) is 0 Å². The number of nitrogens with zero attached hydrogens (tertiary/aromatic N) is 4. The van der Waals surface area contributed by atoms with Crippen LogP contribution in [0.4, 0.5) is 16.0 Å². The fourth-order valence-corrected chi connectivity index (χ4v) is 2.91. The minimum atomic E-state index is -0.352. The number of aromatic nitrogens is 4. The van der Waals surface area contributed by atoms with Gasteiger partial charge >= 0.3 is 0 Å². The second-order valence-corrected chi connectivity index (χ2v) is 6.25. The minimum absolute atomic E-state index is 0.352. The maximum atomic E-state index is 14.4. The Morgan fingerprint density at radius 1 is 1.04 bits per heavy atom. The molecule has 0 fully saturated rings. The number of aryl methyl sites for hydroxylation is 1. The summed E-state index contributed by atoms with van der Waals surface area (Å²) in [6.07, 6.45) is 5.59. The molecule has 2 heterocycles. The van der Waals surface area contributed by atoms with Crippen LogP contribution in [-0.4, -0.2) is 19.5 Å². The second kappa shape index (κ2) is 7.37. The number of hydrogen-bond acceptors (Lipinski definition) is 4. The van der Waals surface area contributed by atoms with Crippen LogP contribution >= 0.6 is 0 Å². The van der Waals surface area contributed by atoms with Crippen LogP contribution in [0.15, 0.2) is 73.3 Å². The van der Waals surface area contributed by atoms with Gasteiger partial charge in [0.1, 0.15) is 5.82 Å². The molecule has 0 atom stereocenters. The van der Waals surface area contributed by atoms with E-state index in [1.807, 2.05) is 31.2 Å². The Hall–Kier alpha value is -3.54. The first kappa shape index (κ1) is 16.9. The Morgan fingerprint density at radius 2 is 1.89 bits per heavy atom. The Labute approximate surface area is 156 Å². The molecule has 0 saturated heterocycles. The molecule has 0 saturated carbocycles. The van der Waals surface area contributed by atoms with Crippen molar-refractivity contribution in [2.45, 2.75) is 13.3 Å². The molecular formula is C21H18FN5. The molecule has 2 aromatic heterocycles. The molecule has 134 valence electrons. The highest BCUT2D eigenvalue weighted by Crippen LogP contribution is 2.21. The molecule has 0 bridgehead atoms. The Balaban J connectivity index is 1.56. The standard InChI is InChI=1S/C21H18FN5/c1-15-11-18(12-16-5-3-2-4-6-16)26-21(24-15)25-17-7-8-20(19(22)13-17)27-10-9-23-14-27/h2-11,13-14H,12H2,1H3,(H,24,25,26). The summed E-state index contributed by atoms with van der Waals surface area (Å²) >= 11 is 0. The fraction of sp³-hybridized carbons (Fsp3) is 0.0952. The average molecular weight is 359 g/mol. The zero-order chi connectivity index (χ0) is 18.6. The third kappa shape index (κ3) is 4.00. The van der Waals surface area contributed by atoms with Crippen molar-refractivity contribution in [1.82, 2.24) is 19.5 Å².